The first-order valence-corrected chi connectivity index (χ1v) is 4.16. The monoisotopic (exact) mass is 184 g/mol. The molecule has 0 aromatic carbocycles. The quantitative estimate of drug-likeness (QED) is 0.712. The Morgan fingerprint density at radius 1 is 1.17 bits per heavy atom. The normalized spacial score (nSPS) is 15.2. The van der Waals surface area contributed by atoms with E-state index in [2.05, 4.69) is 0 Å². The third-order valence-electron chi connectivity index (χ3n) is 2.09. The molecule has 1 atom stereocenters. The molecule has 0 spiro atoms. The third kappa shape index (κ3) is 3.95. The second-order valence-electron chi connectivity index (χ2n) is 2.98. The zero-order valence-electron chi connectivity index (χ0n) is 7.36. The molecule has 0 aromatic heterocycles. The Bertz CT molecular complexity index is 118. The third-order valence-corrected chi connectivity index (χ3v) is 2.09. The Kier molecular flexibility index (Phi) is 4.60. The van der Waals surface area contributed by atoms with Gasteiger partial charge in [0.05, 0.1) is 0 Å². The van der Waals surface area contributed by atoms with Gasteiger partial charge in [0.1, 0.15) is 6.10 Å². The van der Waals surface area contributed by atoms with Crippen LogP contribution in [0.5, 0.6) is 0 Å². The Balaban J connectivity index is 3.90. The molecular formula is C8H15F3O. The fraction of sp³-hybridized carbons (Fsp3) is 1.00. The van der Waals surface area contributed by atoms with Crippen molar-refractivity contribution in [2.45, 2.75) is 45.4 Å². The zero-order valence-corrected chi connectivity index (χ0v) is 7.36. The molecule has 0 radical (unpaired) electrons. The molecule has 0 rings (SSSR count). The van der Waals surface area contributed by atoms with Crippen LogP contribution in [0.4, 0.5) is 13.2 Å². The summed E-state index contributed by atoms with van der Waals surface area (Å²) in [7, 11) is 0. The highest BCUT2D eigenvalue weighted by Gasteiger charge is 2.38. The van der Waals surface area contributed by atoms with Crippen LogP contribution in [-0.2, 0) is 0 Å². The molecule has 0 amide bonds. The molecule has 0 saturated heterocycles. The van der Waals surface area contributed by atoms with Crippen LogP contribution >= 0.6 is 0 Å². The van der Waals surface area contributed by atoms with Gasteiger partial charge in [-0.05, 0) is 12.3 Å². The zero-order chi connectivity index (χ0) is 9.78. The molecule has 0 saturated carbocycles. The molecule has 0 aliphatic carbocycles. The second-order valence-corrected chi connectivity index (χ2v) is 2.98. The van der Waals surface area contributed by atoms with E-state index in [9.17, 15) is 13.2 Å². The van der Waals surface area contributed by atoms with Crippen LogP contribution in [0.1, 0.15) is 33.1 Å². The maximum atomic E-state index is 11.8. The summed E-state index contributed by atoms with van der Waals surface area (Å²) in [5, 5.41) is 8.69. The van der Waals surface area contributed by atoms with Gasteiger partial charge in [-0.1, -0.05) is 26.7 Å². The van der Waals surface area contributed by atoms with E-state index in [1.165, 1.54) is 0 Å². The summed E-state index contributed by atoms with van der Waals surface area (Å²) >= 11 is 0. The van der Waals surface area contributed by atoms with Crippen molar-refractivity contribution in [2.75, 3.05) is 0 Å². The molecule has 1 nitrogen and oxygen atoms in total. The van der Waals surface area contributed by atoms with Crippen molar-refractivity contribution >= 4 is 0 Å². The van der Waals surface area contributed by atoms with Crippen LogP contribution in [0.25, 0.3) is 0 Å². The molecule has 0 fully saturated rings. The number of aliphatic hydroxyl groups is 1. The van der Waals surface area contributed by atoms with E-state index in [4.69, 9.17) is 5.11 Å². The van der Waals surface area contributed by atoms with Gasteiger partial charge < -0.3 is 5.11 Å². The molecule has 0 aromatic rings. The fourth-order valence-corrected chi connectivity index (χ4v) is 1.07. The Hall–Kier alpha value is -0.250. The summed E-state index contributed by atoms with van der Waals surface area (Å²) in [6.45, 7) is 3.66. The Morgan fingerprint density at radius 2 is 1.58 bits per heavy atom. The summed E-state index contributed by atoms with van der Waals surface area (Å²) in [6, 6.07) is 0. The maximum Gasteiger partial charge on any atom is 0.414 e. The van der Waals surface area contributed by atoms with Crippen molar-refractivity contribution in [1.29, 1.82) is 0 Å². The highest BCUT2D eigenvalue weighted by Crippen LogP contribution is 2.27. The van der Waals surface area contributed by atoms with Gasteiger partial charge in [-0.3, -0.25) is 0 Å². The van der Waals surface area contributed by atoms with Crippen molar-refractivity contribution in [3.63, 3.8) is 0 Å². The van der Waals surface area contributed by atoms with E-state index < -0.39 is 12.3 Å². The van der Waals surface area contributed by atoms with E-state index >= 15 is 0 Å². The number of hydrogen-bond donors (Lipinski definition) is 1. The first-order valence-electron chi connectivity index (χ1n) is 4.16. The summed E-state index contributed by atoms with van der Waals surface area (Å²) in [5.41, 5.74) is 0. The number of hydrogen-bond acceptors (Lipinski definition) is 1. The van der Waals surface area contributed by atoms with Crippen molar-refractivity contribution in [2.24, 2.45) is 5.92 Å². The SMILES string of the molecule is CCC(CC)C[C@@H](O)C(F)(F)F. The van der Waals surface area contributed by atoms with E-state index in [1.807, 2.05) is 13.8 Å². The van der Waals surface area contributed by atoms with Crippen LogP contribution in [0.2, 0.25) is 0 Å². The molecule has 74 valence electrons. The van der Waals surface area contributed by atoms with Crippen LogP contribution in [0.3, 0.4) is 0 Å². The van der Waals surface area contributed by atoms with Gasteiger partial charge in [0.2, 0.25) is 0 Å². The number of alkyl halides is 3. The van der Waals surface area contributed by atoms with Crippen molar-refractivity contribution in [3.8, 4) is 0 Å². The van der Waals surface area contributed by atoms with E-state index in [0.717, 1.165) is 0 Å². The minimum atomic E-state index is -4.46. The molecular weight excluding hydrogens is 169 g/mol. The lowest BCUT2D eigenvalue weighted by Gasteiger charge is -2.19. The lowest BCUT2D eigenvalue weighted by atomic mass is 9.96. The second kappa shape index (κ2) is 4.70. The topological polar surface area (TPSA) is 20.2 Å². The van der Waals surface area contributed by atoms with Crippen LogP contribution in [-0.4, -0.2) is 17.4 Å². The first-order chi connectivity index (χ1) is 5.41. The largest absolute Gasteiger partial charge is 0.414 e. The highest BCUT2D eigenvalue weighted by atomic mass is 19.4. The standard InChI is InChI=1S/C8H15F3O/c1-3-6(4-2)5-7(12)8(9,10)11/h6-7,12H,3-5H2,1-2H3/t7-/m1/s1. The number of aliphatic hydroxyl groups excluding tert-OH is 1. The summed E-state index contributed by atoms with van der Waals surface area (Å²) in [6.07, 6.45) is -5.41. The van der Waals surface area contributed by atoms with Gasteiger partial charge in [0.25, 0.3) is 0 Å². The van der Waals surface area contributed by atoms with Crippen LogP contribution in [0, 0.1) is 5.92 Å². The summed E-state index contributed by atoms with van der Waals surface area (Å²) in [5.74, 6) is -0.0263. The molecule has 0 aliphatic heterocycles. The molecule has 0 unspecified atom stereocenters. The predicted molar refractivity (Wildman–Crippen MR) is 40.8 cm³/mol. The van der Waals surface area contributed by atoms with Crippen molar-refractivity contribution < 1.29 is 18.3 Å². The Morgan fingerprint density at radius 3 is 1.83 bits per heavy atom. The molecule has 4 heteroatoms. The Labute approximate surface area is 70.6 Å². The smallest absolute Gasteiger partial charge is 0.384 e. The van der Waals surface area contributed by atoms with Crippen LogP contribution < -0.4 is 0 Å². The van der Waals surface area contributed by atoms with Gasteiger partial charge in [-0.2, -0.15) is 13.2 Å². The van der Waals surface area contributed by atoms with Crippen molar-refractivity contribution in [3.05, 3.63) is 0 Å². The van der Waals surface area contributed by atoms with Gasteiger partial charge >= 0.3 is 6.18 Å². The van der Waals surface area contributed by atoms with E-state index in [0.29, 0.717) is 12.8 Å². The maximum absolute atomic E-state index is 11.8. The predicted octanol–water partition coefficient (Wildman–Crippen LogP) is 2.74. The molecule has 1 N–H and O–H groups in total. The number of rotatable bonds is 4. The summed E-state index contributed by atoms with van der Waals surface area (Å²) in [4.78, 5) is 0. The minimum Gasteiger partial charge on any atom is -0.384 e. The number of halogens is 3. The van der Waals surface area contributed by atoms with Crippen molar-refractivity contribution in [1.82, 2.24) is 0 Å². The average molecular weight is 184 g/mol. The van der Waals surface area contributed by atoms with E-state index in [-0.39, 0.29) is 12.3 Å². The lowest BCUT2D eigenvalue weighted by molar-refractivity contribution is -0.208. The van der Waals surface area contributed by atoms with Gasteiger partial charge in [-0.25, -0.2) is 0 Å². The van der Waals surface area contributed by atoms with Gasteiger partial charge in [0.15, 0.2) is 0 Å². The lowest BCUT2D eigenvalue weighted by Crippen LogP contribution is -2.30. The van der Waals surface area contributed by atoms with Gasteiger partial charge in [0, 0.05) is 0 Å². The molecule has 0 bridgehead atoms. The first kappa shape index (κ1) is 11.8. The molecule has 0 heterocycles. The fourth-order valence-electron chi connectivity index (χ4n) is 1.07. The highest BCUT2D eigenvalue weighted by molar-refractivity contribution is 4.69. The van der Waals surface area contributed by atoms with Gasteiger partial charge in [-0.15, -0.1) is 0 Å². The minimum absolute atomic E-state index is 0.0263. The van der Waals surface area contributed by atoms with Crippen LogP contribution in [0.15, 0.2) is 0 Å². The summed E-state index contributed by atoms with van der Waals surface area (Å²) < 4.78 is 35.5. The van der Waals surface area contributed by atoms with E-state index in [1.54, 1.807) is 0 Å². The molecule has 0 aliphatic rings. The molecule has 12 heavy (non-hydrogen) atoms. The average Bonchev–Trinajstić information content (AvgIpc) is 1.97.